The Morgan fingerprint density at radius 2 is 2.00 bits per heavy atom. The van der Waals surface area contributed by atoms with Gasteiger partial charge in [-0.2, -0.15) is 0 Å². The number of benzene rings is 2. The van der Waals surface area contributed by atoms with Crippen LogP contribution in [0.25, 0.3) is 16.5 Å². The summed E-state index contributed by atoms with van der Waals surface area (Å²) in [5.41, 5.74) is 2.38. The molecule has 1 aromatic heterocycles. The van der Waals surface area contributed by atoms with Gasteiger partial charge < -0.3 is 4.74 Å². The molecule has 3 aromatic rings. The number of rotatable bonds is 3. The molecule has 116 valence electrons. The normalized spacial score (nSPS) is 14.1. The molecular weight excluding hydrogens is 310 g/mol. The van der Waals surface area contributed by atoms with Crippen molar-refractivity contribution in [2.24, 2.45) is 0 Å². The zero-order valence-electron chi connectivity index (χ0n) is 12.6. The van der Waals surface area contributed by atoms with Gasteiger partial charge in [-0.3, -0.25) is 4.57 Å². The molecule has 6 heteroatoms. The molecule has 0 atom stereocenters. The molecule has 0 aliphatic heterocycles. The van der Waals surface area contributed by atoms with Crippen molar-refractivity contribution in [2.45, 2.75) is 23.9 Å². The van der Waals surface area contributed by atoms with Crippen LogP contribution >= 0.6 is 11.8 Å². The third-order valence-corrected chi connectivity index (χ3v) is 4.86. The predicted octanol–water partition coefficient (Wildman–Crippen LogP) is 4.16. The van der Waals surface area contributed by atoms with Gasteiger partial charge in [0.15, 0.2) is 0 Å². The van der Waals surface area contributed by atoms with E-state index in [2.05, 4.69) is 40.5 Å². The van der Waals surface area contributed by atoms with E-state index in [0.717, 1.165) is 22.8 Å². The smallest absolute Gasteiger partial charge is 0.374 e. The quantitative estimate of drug-likeness (QED) is 0.535. The van der Waals surface area contributed by atoms with E-state index in [0.29, 0.717) is 11.1 Å². The van der Waals surface area contributed by atoms with E-state index in [1.165, 1.54) is 30.9 Å². The third-order valence-electron chi connectivity index (χ3n) is 4.07. The molecule has 0 spiro atoms. The summed E-state index contributed by atoms with van der Waals surface area (Å²) in [5.74, 6) is 0.679. The van der Waals surface area contributed by atoms with Crippen LogP contribution in [0, 0.1) is 0 Å². The summed E-state index contributed by atoms with van der Waals surface area (Å²) in [7, 11) is 1.36. The first-order valence-corrected chi connectivity index (χ1v) is 8.27. The average molecular weight is 325 g/mol. The van der Waals surface area contributed by atoms with Gasteiger partial charge in [-0.05, 0) is 35.8 Å². The number of carbonyl (C=O) groups excluding carboxylic acids is 1. The number of thioether (sulfide) groups is 1. The minimum atomic E-state index is -0.404. The number of carbonyl (C=O) groups is 1. The summed E-state index contributed by atoms with van der Waals surface area (Å²) in [5, 5.41) is 10.5. The first kappa shape index (κ1) is 14.3. The van der Waals surface area contributed by atoms with Gasteiger partial charge in [0, 0.05) is 17.1 Å². The third kappa shape index (κ3) is 2.59. The molecule has 1 aliphatic carbocycles. The monoisotopic (exact) mass is 325 g/mol. The first-order chi connectivity index (χ1) is 11.3. The summed E-state index contributed by atoms with van der Waals surface area (Å²) < 4.78 is 6.54. The van der Waals surface area contributed by atoms with Gasteiger partial charge in [0.2, 0.25) is 5.16 Å². The minimum Gasteiger partial charge on any atom is -0.461 e. The first-order valence-electron chi connectivity index (χ1n) is 7.46. The number of aromatic nitrogens is 3. The highest BCUT2D eigenvalue weighted by atomic mass is 32.2. The fourth-order valence-corrected chi connectivity index (χ4v) is 3.41. The lowest BCUT2D eigenvalue weighted by molar-refractivity contribution is 0.200. The van der Waals surface area contributed by atoms with Gasteiger partial charge >= 0.3 is 5.30 Å². The summed E-state index contributed by atoms with van der Waals surface area (Å²) in [6.07, 6.45) is 4.16. The zero-order valence-corrected chi connectivity index (χ0v) is 13.4. The molecule has 1 fully saturated rings. The van der Waals surface area contributed by atoms with E-state index < -0.39 is 5.30 Å². The summed E-state index contributed by atoms with van der Waals surface area (Å²) >= 11 is 0.931. The number of fused-ring (bicyclic) bond motifs is 1. The highest BCUT2D eigenvalue weighted by Gasteiger charge is 2.26. The largest absolute Gasteiger partial charge is 0.461 e. The topological polar surface area (TPSA) is 57.0 Å². The van der Waals surface area contributed by atoms with Crippen molar-refractivity contribution in [2.75, 3.05) is 7.11 Å². The van der Waals surface area contributed by atoms with Crippen LogP contribution in [0.4, 0.5) is 4.79 Å². The molecule has 0 amide bonds. The molecule has 0 bridgehead atoms. The van der Waals surface area contributed by atoms with E-state index in [1.807, 2.05) is 10.6 Å². The summed E-state index contributed by atoms with van der Waals surface area (Å²) in [6.45, 7) is 0. The lowest BCUT2D eigenvalue weighted by Gasteiger charge is -2.12. The van der Waals surface area contributed by atoms with E-state index in [4.69, 9.17) is 4.74 Å². The molecule has 0 saturated heterocycles. The molecule has 0 N–H and O–H groups in total. The second kappa shape index (κ2) is 5.70. The number of hydrogen-bond acceptors (Lipinski definition) is 5. The van der Waals surface area contributed by atoms with E-state index >= 15 is 0 Å². The van der Waals surface area contributed by atoms with Crippen LogP contribution in [0.3, 0.4) is 0 Å². The average Bonchev–Trinajstić information content (AvgIpc) is 3.33. The standard InChI is InChI=1S/C17H15N3O2S/c1-22-17(21)23-16-19-18-10-20(16)15-9-8-12(11-6-7-11)13-4-2-3-5-14(13)15/h2-5,8-11H,6-7H2,1H3. The van der Waals surface area contributed by atoms with Gasteiger partial charge in [-0.15, -0.1) is 10.2 Å². The van der Waals surface area contributed by atoms with Crippen molar-refractivity contribution in [3.8, 4) is 5.69 Å². The van der Waals surface area contributed by atoms with Crippen molar-refractivity contribution in [1.82, 2.24) is 14.8 Å². The van der Waals surface area contributed by atoms with E-state index in [-0.39, 0.29) is 0 Å². The summed E-state index contributed by atoms with van der Waals surface area (Å²) in [6, 6.07) is 12.6. The fourth-order valence-electron chi connectivity index (χ4n) is 2.84. The molecule has 5 nitrogen and oxygen atoms in total. The second-order valence-electron chi connectivity index (χ2n) is 5.53. The van der Waals surface area contributed by atoms with Crippen LogP contribution in [0.15, 0.2) is 47.9 Å². The Bertz CT molecular complexity index is 886. The van der Waals surface area contributed by atoms with E-state index in [9.17, 15) is 4.79 Å². The maximum atomic E-state index is 11.5. The van der Waals surface area contributed by atoms with Crippen molar-refractivity contribution in [3.63, 3.8) is 0 Å². The van der Waals surface area contributed by atoms with E-state index in [1.54, 1.807) is 6.33 Å². The Hall–Kier alpha value is -2.34. The number of hydrogen-bond donors (Lipinski definition) is 0. The van der Waals surface area contributed by atoms with Crippen LogP contribution < -0.4 is 0 Å². The lowest BCUT2D eigenvalue weighted by atomic mass is 9.99. The lowest BCUT2D eigenvalue weighted by Crippen LogP contribution is -2.00. The van der Waals surface area contributed by atoms with Gasteiger partial charge in [-0.25, -0.2) is 4.79 Å². The van der Waals surface area contributed by atoms with Gasteiger partial charge in [-0.1, -0.05) is 30.3 Å². The molecule has 1 saturated carbocycles. The highest BCUT2D eigenvalue weighted by Crippen LogP contribution is 2.44. The number of methoxy groups -OCH3 is 1. The molecule has 1 aliphatic rings. The Balaban J connectivity index is 1.86. The van der Waals surface area contributed by atoms with Gasteiger partial charge in [0.1, 0.15) is 6.33 Å². The van der Waals surface area contributed by atoms with Crippen LogP contribution in [-0.2, 0) is 4.74 Å². The van der Waals surface area contributed by atoms with Crippen LogP contribution in [0.5, 0.6) is 0 Å². The van der Waals surface area contributed by atoms with Gasteiger partial charge in [0.05, 0.1) is 12.8 Å². The van der Waals surface area contributed by atoms with Crippen molar-refractivity contribution < 1.29 is 9.53 Å². The minimum absolute atomic E-state index is 0.404. The van der Waals surface area contributed by atoms with Crippen molar-refractivity contribution in [1.29, 1.82) is 0 Å². The van der Waals surface area contributed by atoms with Crippen LogP contribution in [0.2, 0.25) is 0 Å². The maximum Gasteiger partial charge on any atom is 0.374 e. The molecule has 2 aromatic carbocycles. The Labute approximate surface area is 137 Å². The van der Waals surface area contributed by atoms with Gasteiger partial charge in [0.25, 0.3) is 0 Å². The maximum absolute atomic E-state index is 11.5. The fraction of sp³-hybridized carbons (Fsp3) is 0.235. The predicted molar refractivity (Wildman–Crippen MR) is 89.1 cm³/mol. The van der Waals surface area contributed by atoms with Crippen LogP contribution in [-0.4, -0.2) is 27.2 Å². The molecular formula is C17H15N3O2S. The Kier molecular flexibility index (Phi) is 3.53. The molecule has 4 rings (SSSR count). The summed E-state index contributed by atoms with van der Waals surface area (Å²) in [4.78, 5) is 11.5. The molecule has 1 heterocycles. The van der Waals surface area contributed by atoms with Crippen molar-refractivity contribution >= 4 is 27.8 Å². The number of nitrogens with zero attached hydrogens (tertiary/aromatic N) is 3. The Morgan fingerprint density at radius 1 is 1.22 bits per heavy atom. The molecule has 23 heavy (non-hydrogen) atoms. The number of ether oxygens (including phenoxy) is 1. The molecule has 0 unspecified atom stereocenters. The molecule has 0 radical (unpaired) electrons. The zero-order chi connectivity index (χ0) is 15.8. The van der Waals surface area contributed by atoms with Crippen molar-refractivity contribution in [3.05, 3.63) is 48.3 Å². The van der Waals surface area contributed by atoms with Crippen LogP contribution in [0.1, 0.15) is 24.3 Å². The highest BCUT2D eigenvalue weighted by molar-refractivity contribution is 8.13. The second-order valence-corrected chi connectivity index (χ2v) is 6.44. The SMILES string of the molecule is COC(=O)Sc1nncn1-c1ccc(C2CC2)c2ccccc12. The Morgan fingerprint density at radius 3 is 2.74 bits per heavy atom.